The highest BCUT2D eigenvalue weighted by atomic mass is 19.4. The van der Waals surface area contributed by atoms with Gasteiger partial charge in [0.25, 0.3) is 0 Å². The second kappa shape index (κ2) is 4.87. The van der Waals surface area contributed by atoms with Crippen LogP contribution >= 0.6 is 0 Å². The van der Waals surface area contributed by atoms with Crippen LogP contribution in [0.5, 0.6) is 0 Å². The van der Waals surface area contributed by atoms with Crippen molar-refractivity contribution in [3.63, 3.8) is 0 Å². The van der Waals surface area contributed by atoms with Gasteiger partial charge in [0.2, 0.25) is 0 Å². The molecule has 0 bridgehead atoms. The van der Waals surface area contributed by atoms with Gasteiger partial charge in [-0.05, 0) is 11.6 Å². The Hall–Kier alpha value is -1.11. The van der Waals surface area contributed by atoms with E-state index >= 15 is 0 Å². The Kier molecular flexibility index (Phi) is 3.61. The largest absolute Gasteiger partial charge is 0.416 e. The van der Waals surface area contributed by atoms with Gasteiger partial charge < -0.3 is 10.2 Å². The SMILES string of the molecule is O[C@@H]1CN(Cc2cccc(C(F)(F)F)c2)C[C@@H]1O. The van der Waals surface area contributed by atoms with E-state index in [1.807, 2.05) is 0 Å². The molecule has 0 amide bonds. The van der Waals surface area contributed by atoms with Crippen LogP contribution in [0.2, 0.25) is 0 Å². The minimum atomic E-state index is -4.35. The molecule has 1 fully saturated rings. The molecule has 6 heteroatoms. The van der Waals surface area contributed by atoms with Crippen molar-refractivity contribution in [2.45, 2.75) is 24.9 Å². The highest BCUT2D eigenvalue weighted by Gasteiger charge is 2.32. The number of hydrogen-bond donors (Lipinski definition) is 2. The molecular formula is C12H14F3NO2. The third kappa shape index (κ3) is 3.01. The van der Waals surface area contributed by atoms with Crippen LogP contribution in [0.1, 0.15) is 11.1 Å². The molecule has 3 nitrogen and oxygen atoms in total. The topological polar surface area (TPSA) is 43.7 Å². The third-order valence-corrected chi connectivity index (χ3v) is 3.00. The van der Waals surface area contributed by atoms with Crippen LogP contribution in [-0.4, -0.2) is 40.4 Å². The van der Waals surface area contributed by atoms with Crippen molar-refractivity contribution in [2.75, 3.05) is 13.1 Å². The second-order valence-corrected chi connectivity index (χ2v) is 4.53. The monoisotopic (exact) mass is 261 g/mol. The summed E-state index contributed by atoms with van der Waals surface area (Å²) in [6, 6.07) is 5.08. The van der Waals surface area contributed by atoms with E-state index in [-0.39, 0.29) is 19.6 Å². The Morgan fingerprint density at radius 2 is 1.78 bits per heavy atom. The van der Waals surface area contributed by atoms with Crippen molar-refractivity contribution in [2.24, 2.45) is 0 Å². The molecule has 2 rings (SSSR count). The molecule has 1 saturated heterocycles. The van der Waals surface area contributed by atoms with Crippen LogP contribution in [0.25, 0.3) is 0 Å². The molecule has 0 aliphatic carbocycles. The average Bonchev–Trinajstić information content (AvgIpc) is 2.57. The highest BCUT2D eigenvalue weighted by Crippen LogP contribution is 2.30. The fourth-order valence-corrected chi connectivity index (χ4v) is 2.08. The van der Waals surface area contributed by atoms with Gasteiger partial charge in [0.05, 0.1) is 17.8 Å². The predicted octanol–water partition coefficient (Wildman–Crippen LogP) is 1.24. The molecule has 2 atom stereocenters. The van der Waals surface area contributed by atoms with E-state index in [2.05, 4.69) is 0 Å². The van der Waals surface area contributed by atoms with Crippen molar-refractivity contribution < 1.29 is 23.4 Å². The molecule has 1 heterocycles. The summed E-state index contributed by atoms with van der Waals surface area (Å²) in [5.41, 5.74) is -0.161. The zero-order chi connectivity index (χ0) is 13.3. The summed E-state index contributed by atoms with van der Waals surface area (Å²) in [5, 5.41) is 18.7. The Morgan fingerprint density at radius 1 is 1.17 bits per heavy atom. The summed E-state index contributed by atoms with van der Waals surface area (Å²) >= 11 is 0. The van der Waals surface area contributed by atoms with Crippen molar-refractivity contribution in [3.8, 4) is 0 Å². The van der Waals surface area contributed by atoms with E-state index in [0.29, 0.717) is 5.56 Å². The van der Waals surface area contributed by atoms with Gasteiger partial charge in [-0.25, -0.2) is 0 Å². The number of likely N-dealkylation sites (tertiary alicyclic amines) is 1. The first-order valence-corrected chi connectivity index (χ1v) is 5.61. The van der Waals surface area contributed by atoms with E-state index in [9.17, 15) is 23.4 Å². The quantitative estimate of drug-likeness (QED) is 0.842. The standard InChI is InChI=1S/C12H14F3NO2/c13-12(14,15)9-3-1-2-8(4-9)5-16-6-10(17)11(18)7-16/h1-4,10-11,17-18H,5-7H2/t10-,11+. The lowest BCUT2D eigenvalue weighted by Crippen LogP contribution is -2.22. The summed E-state index contributed by atoms with van der Waals surface area (Å²) in [7, 11) is 0. The minimum Gasteiger partial charge on any atom is -0.389 e. The molecule has 1 aromatic rings. The molecule has 1 aliphatic rings. The Labute approximate surface area is 102 Å². The zero-order valence-corrected chi connectivity index (χ0v) is 9.56. The number of β-amino-alcohol motifs (C(OH)–C–C–N with tert-alkyl or cyclic N) is 2. The van der Waals surface area contributed by atoms with Gasteiger partial charge in [-0.1, -0.05) is 18.2 Å². The first-order chi connectivity index (χ1) is 8.36. The van der Waals surface area contributed by atoms with E-state index in [0.717, 1.165) is 12.1 Å². The first-order valence-electron chi connectivity index (χ1n) is 5.61. The van der Waals surface area contributed by atoms with Crippen LogP contribution in [0.4, 0.5) is 13.2 Å². The summed E-state index contributed by atoms with van der Waals surface area (Å²) in [4.78, 5) is 1.73. The van der Waals surface area contributed by atoms with Gasteiger partial charge in [0.15, 0.2) is 0 Å². The molecule has 18 heavy (non-hydrogen) atoms. The van der Waals surface area contributed by atoms with Gasteiger partial charge >= 0.3 is 6.18 Å². The molecule has 0 spiro atoms. The summed E-state index contributed by atoms with van der Waals surface area (Å²) in [6.45, 7) is 0.840. The summed E-state index contributed by atoms with van der Waals surface area (Å²) in [6.07, 6.45) is -5.99. The molecule has 100 valence electrons. The molecule has 2 N–H and O–H groups in total. The molecule has 0 aromatic heterocycles. The van der Waals surface area contributed by atoms with Crippen molar-refractivity contribution in [1.82, 2.24) is 4.90 Å². The van der Waals surface area contributed by atoms with Gasteiger partial charge in [-0.3, -0.25) is 4.90 Å². The summed E-state index contributed by atoms with van der Waals surface area (Å²) < 4.78 is 37.5. The van der Waals surface area contributed by atoms with Crippen LogP contribution in [0, 0.1) is 0 Å². The van der Waals surface area contributed by atoms with Crippen LogP contribution in [0.15, 0.2) is 24.3 Å². The number of rotatable bonds is 2. The van der Waals surface area contributed by atoms with Crippen molar-refractivity contribution >= 4 is 0 Å². The number of hydrogen-bond acceptors (Lipinski definition) is 3. The lowest BCUT2D eigenvalue weighted by molar-refractivity contribution is -0.137. The predicted molar refractivity (Wildman–Crippen MR) is 58.7 cm³/mol. The van der Waals surface area contributed by atoms with Gasteiger partial charge in [0.1, 0.15) is 0 Å². The van der Waals surface area contributed by atoms with E-state index < -0.39 is 23.9 Å². The fraction of sp³-hybridized carbons (Fsp3) is 0.500. The number of aliphatic hydroxyl groups is 2. The lowest BCUT2D eigenvalue weighted by atomic mass is 10.1. The normalized spacial score (nSPS) is 25.6. The maximum absolute atomic E-state index is 12.5. The Bertz CT molecular complexity index is 412. The maximum Gasteiger partial charge on any atom is 0.416 e. The first kappa shape index (κ1) is 13.3. The third-order valence-electron chi connectivity index (χ3n) is 3.00. The number of alkyl halides is 3. The average molecular weight is 261 g/mol. The van der Waals surface area contributed by atoms with Crippen LogP contribution < -0.4 is 0 Å². The number of benzene rings is 1. The molecular weight excluding hydrogens is 247 g/mol. The number of aliphatic hydroxyl groups excluding tert-OH is 2. The van der Waals surface area contributed by atoms with E-state index in [4.69, 9.17) is 0 Å². The van der Waals surface area contributed by atoms with Gasteiger partial charge in [0, 0.05) is 19.6 Å². The lowest BCUT2D eigenvalue weighted by Gasteiger charge is -2.16. The van der Waals surface area contributed by atoms with Crippen LogP contribution in [-0.2, 0) is 12.7 Å². The molecule has 0 saturated carbocycles. The smallest absolute Gasteiger partial charge is 0.389 e. The molecule has 0 unspecified atom stereocenters. The van der Waals surface area contributed by atoms with Crippen molar-refractivity contribution in [1.29, 1.82) is 0 Å². The van der Waals surface area contributed by atoms with E-state index in [1.165, 1.54) is 6.07 Å². The maximum atomic E-state index is 12.5. The molecule has 1 aliphatic heterocycles. The number of nitrogens with zero attached hydrogens (tertiary/aromatic N) is 1. The van der Waals surface area contributed by atoms with Gasteiger partial charge in [-0.2, -0.15) is 13.2 Å². The molecule has 1 aromatic carbocycles. The minimum absolute atomic E-state index is 0.275. The van der Waals surface area contributed by atoms with Crippen LogP contribution in [0.3, 0.4) is 0 Å². The van der Waals surface area contributed by atoms with Gasteiger partial charge in [-0.15, -0.1) is 0 Å². The fourth-order valence-electron chi connectivity index (χ4n) is 2.08. The number of halogens is 3. The Balaban J connectivity index is 2.06. The second-order valence-electron chi connectivity index (χ2n) is 4.53. The summed E-state index contributed by atoms with van der Waals surface area (Å²) in [5.74, 6) is 0. The zero-order valence-electron chi connectivity index (χ0n) is 9.56. The molecule has 0 radical (unpaired) electrons. The van der Waals surface area contributed by atoms with Crippen molar-refractivity contribution in [3.05, 3.63) is 35.4 Å². The van der Waals surface area contributed by atoms with E-state index in [1.54, 1.807) is 11.0 Å². The Morgan fingerprint density at radius 3 is 2.33 bits per heavy atom. The highest BCUT2D eigenvalue weighted by molar-refractivity contribution is 5.25.